The van der Waals surface area contributed by atoms with Gasteiger partial charge in [0.25, 0.3) is 0 Å². The van der Waals surface area contributed by atoms with Crippen LogP contribution in [0, 0.1) is 5.92 Å². The lowest BCUT2D eigenvalue weighted by Crippen LogP contribution is -2.62. The lowest BCUT2D eigenvalue weighted by Gasteiger charge is -2.37. The highest BCUT2D eigenvalue weighted by Gasteiger charge is 2.49. The standard InChI is InChI=1S/C13H21N5O/c1-15-13(12(14)19,10-2-3-10)9-17-6-7-18-5-4-16-11(18)8-17/h4-5,10,15H,2-3,6-9H2,1H3,(H2,14,19). The van der Waals surface area contributed by atoms with Crippen molar-refractivity contribution in [3.05, 3.63) is 18.2 Å². The number of amides is 1. The first-order valence-corrected chi connectivity index (χ1v) is 6.87. The first kappa shape index (κ1) is 12.6. The number of likely N-dealkylation sites (N-methyl/N-ethyl adjacent to an activating group) is 1. The number of fused-ring (bicyclic) bond motifs is 1. The topological polar surface area (TPSA) is 76.2 Å². The van der Waals surface area contributed by atoms with E-state index in [0.717, 1.165) is 38.3 Å². The Morgan fingerprint density at radius 1 is 1.58 bits per heavy atom. The smallest absolute Gasteiger partial charge is 0.239 e. The first-order valence-electron chi connectivity index (χ1n) is 6.87. The molecule has 0 radical (unpaired) electrons. The van der Waals surface area contributed by atoms with Crippen LogP contribution in [0.1, 0.15) is 18.7 Å². The number of nitrogens with zero attached hydrogens (tertiary/aromatic N) is 3. The van der Waals surface area contributed by atoms with E-state index in [1.54, 1.807) is 0 Å². The molecule has 104 valence electrons. The predicted octanol–water partition coefficient (Wildman–Crippen LogP) is -0.448. The Morgan fingerprint density at radius 2 is 2.37 bits per heavy atom. The second-order valence-corrected chi connectivity index (χ2v) is 5.61. The summed E-state index contributed by atoms with van der Waals surface area (Å²) >= 11 is 0. The SMILES string of the molecule is CNC(CN1CCn2ccnc2C1)(C(N)=O)C1CC1. The van der Waals surface area contributed by atoms with Crippen LogP contribution in [-0.2, 0) is 17.9 Å². The molecule has 0 aromatic carbocycles. The van der Waals surface area contributed by atoms with Gasteiger partial charge in [-0.1, -0.05) is 0 Å². The van der Waals surface area contributed by atoms with E-state index in [2.05, 4.69) is 19.8 Å². The molecule has 3 rings (SSSR count). The first-order chi connectivity index (χ1) is 9.15. The van der Waals surface area contributed by atoms with Gasteiger partial charge in [-0.15, -0.1) is 0 Å². The summed E-state index contributed by atoms with van der Waals surface area (Å²) in [7, 11) is 1.84. The Bertz CT molecular complexity index is 481. The summed E-state index contributed by atoms with van der Waals surface area (Å²) in [6.07, 6.45) is 6.02. The third-order valence-electron chi connectivity index (χ3n) is 4.46. The fraction of sp³-hybridized carbons (Fsp3) is 0.692. The molecule has 1 aromatic heterocycles. The molecule has 0 saturated heterocycles. The molecule has 2 heterocycles. The molecular formula is C13H21N5O. The van der Waals surface area contributed by atoms with Crippen LogP contribution in [0.25, 0.3) is 0 Å². The van der Waals surface area contributed by atoms with Gasteiger partial charge < -0.3 is 15.6 Å². The highest BCUT2D eigenvalue weighted by molar-refractivity contribution is 5.86. The maximum Gasteiger partial charge on any atom is 0.239 e. The van der Waals surface area contributed by atoms with Gasteiger partial charge in [-0.2, -0.15) is 0 Å². The average Bonchev–Trinajstić information content (AvgIpc) is 3.14. The van der Waals surface area contributed by atoms with Crippen molar-refractivity contribution in [3.63, 3.8) is 0 Å². The second kappa shape index (κ2) is 4.61. The van der Waals surface area contributed by atoms with E-state index in [1.165, 1.54) is 0 Å². The van der Waals surface area contributed by atoms with Crippen LogP contribution in [-0.4, -0.2) is 46.0 Å². The number of hydrogen-bond acceptors (Lipinski definition) is 4. The van der Waals surface area contributed by atoms with Crippen molar-refractivity contribution < 1.29 is 4.79 Å². The molecule has 6 heteroatoms. The summed E-state index contributed by atoms with van der Waals surface area (Å²) in [4.78, 5) is 18.5. The number of carbonyl (C=O) groups is 1. The molecule has 1 amide bonds. The van der Waals surface area contributed by atoms with Gasteiger partial charge in [0.15, 0.2) is 0 Å². The largest absolute Gasteiger partial charge is 0.368 e. The maximum atomic E-state index is 11.9. The van der Waals surface area contributed by atoms with Gasteiger partial charge in [-0.05, 0) is 25.8 Å². The van der Waals surface area contributed by atoms with E-state index >= 15 is 0 Å². The molecule has 0 spiro atoms. The Morgan fingerprint density at radius 3 is 3.00 bits per heavy atom. The number of aromatic nitrogens is 2. The fourth-order valence-electron chi connectivity index (χ4n) is 3.10. The van der Waals surface area contributed by atoms with Crippen molar-refractivity contribution in [1.82, 2.24) is 19.8 Å². The number of nitrogens with two attached hydrogens (primary N) is 1. The molecule has 1 atom stereocenters. The van der Waals surface area contributed by atoms with Crippen LogP contribution in [0.3, 0.4) is 0 Å². The molecule has 6 nitrogen and oxygen atoms in total. The van der Waals surface area contributed by atoms with Gasteiger partial charge in [-0.3, -0.25) is 9.69 Å². The molecule has 1 aromatic rings. The Kier molecular flexibility index (Phi) is 3.06. The van der Waals surface area contributed by atoms with E-state index < -0.39 is 5.54 Å². The zero-order chi connectivity index (χ0) is 13.5. The molecule has 1 aliphatic heterocycles. The number of hydrogen-bond donors (Lipinski definition) is 2. The molecule has 0 bridgehead atoms. The number of imidazole rings is 1. The monoisotopic (exact) mass is 263 g/mol. The minimum absolute atomic E-state index is 0.230. The highest BCUT2D eigenvalue weighted by Crippen LogP contribution is 2.40. The van der Waals surface area contributed by atoms with E-state index in [-0.39, 0.29) is 5.91 Å². The second-order valence-electron chi connectivity index (χ2n) is 5.61. The summed E-state index contributed by atoms with van der Waals surface area (Å²) in [5, 5.41) is 3.20. The van der Waals surface area contributed by atoms with Crippen LogP contribution in [0.5, 0.6) is 0 Å². The Labute approximate surface area is 113 Å². The van der Waals surface area contributed by atoms with Gasteiger partial charge in [0, 0.05) is 32.0 Å². The molecule has 19 heavy (non-hydrogen) atoms. The van der Waals surface area contributed by atoms with Gasteiger partial charge in [-0.25, -0.2) is 4.98 Å². The van der Waals surface area contributed by atoms with E-state index in [4.69, 9.17) is 5.73 Å². The zero-order valence-corrected chi connectivity index (χ0v) is 11.3. The molecule has 3 N–H and O–H groups in total. The molecule has 1 saturated carbocycles. The van der Waals surface area contributed by atoms with Crippen molar-refractivity contribution in [2.45, 2.75) is 31.5 Å². The van der Waals surface area contributed by atoms with E-state index in [9.17, 15) is 4.79 Å². The summed E-state index contributed by atoms with van der Waals surface area (Å²) < 4.78 is 2.17. The van der Waals surface area contributed by atoms with Crippen LogP contribution in [0.4, 0.5) is 0 Å². The van der Waals surface area contributed by atoms with E-state index in [1.807, 2.05) is 19.4 Å². The lowest BCUT2D eigenvalue weighted by molar-refractivity contribution is -0.126. The summed E-state index contributed by atoms with van der Waals surface area (Å²) in [5.41, 5.74) is 5.09. The van der Waals surface area contributed by atoms with Crippen LogP contribution < -0.4 is 11.1 Å². The van der Waals surface area contributed by atoms with Gasteiger partial charge in [0.05, 0.1) is 6.54 Å². The van der Waals surface area contributed by atoms with Crippen molar-refractivity contribution in [2.75, 3.05) is 20.1 Å². The Balaban J connectivity index is 1.75. The van der Waals surface area contributed by atoms with Gasteiger partial charge in [0.2, 0.25) is 5.91 Å². The number of rotatable bonds is 5. The number of nitrogens with one attached hydrogen (secondary N) is 1. The molecular weight excluding hydrogens is 242 g/mol. The predicted molar refractivity (Wildman–Crippen MR) is 71.2 cm³/mol. The quantitative estimate of drug-likeness (QED) is 0.754. The van der Waals surface area contributed by atoms with Crippen LogP contribution >= 0.6 is 0 Å². The maximum absolute atomic E-state index is 11.9. The van der Waals surface area contributed by atoms with Crippen molar-refractivity contribution in [2.24, 2.45) is 11.7 Å². The third kappa shape index (κ3) is 2.15. The van der Waals surface area contributed by atoms with Crippen LogP contribution in [0.2, 0.25) is 0 Å². The van der Waals surface area contributed by atoms with E-state index in [0.29, 0.717) is 12.5 Å². The third-order valence-corrected chi connectivity index (χ3v) is 4.46. The summed E-state index contributed by atoms with van der Waals surface area (Å²) in [6.45, 7) is 3.33. The summed E-state index contributed by atoms with van der Waals surface area (Å²) in [5.74, 6) is 1.22. The lowest BCUT2D eigenvalue weighted by atomic mass is 9.91. The minimum atomic E-state index is -0.575. The van der Waals surface area contributed by atoms with Crippen LogP contribution in [0.15, 0.2) is 12.4 Å². The average molecular weight is 263 g/mol. The fourth-order valence-corrected chi connectivity index (χ4v) is 3.10. The van der Waals surface area contributed by atoms with Gasteiger partial charge >= 0.3 is 0 Å². The minimum Gasteiger partial charge on any atom is -0.368 e. The molecule has 2 aliphatic rings. The summed E-state index contributed by atoms with van der Waals surface area (Å²) in [6, 6.07) is 0. The van der Waals surface area contributed by atoms with Crippen molar-refractivity contribution in [3.8, 4) is 0 Å². The molecule has 1 fully saturated rings. The van der Waals surface area contributed by atoms with Gasteiger partial charge in [0.1, 0.15) is 11.4 Å². The zero-order valence-electron chi connectivity index (χ0n) is 11.3. The number of primary amides is 1. The normalized spacial score (nSPS) is 22.8. The molecule has 1 unspecified atom stereocenters. The molecule has 1 aliphatic carbocycles. The van der Waals surface area contributed by atoms with Crippen molar-refractivity contribution >= 4 is 5.91 Å². The number of carbonyl (C=O) groups excluding carboxylic acids is 1. The highest BCUT2D eigenvalue weighted by atomic mass is 16.1. The Hall–Kier alpha value is -1.40. The van der Waals surface area contributed by atoms with Crippen molar-refractivity contribution in [1.29, 1.82) is 0 Å².